The molecule has 138 valence electrons. The van der Waals surface area contributed by atoms with Gasteiger partial charge in [0.05, 0.1) is 17.6 Å². The summed E-state index contributed by atoms with van der Waals surface area (Å²) in [5.41, 5.74) is 4.04. The average molecular weight is 375 g/mol. The van der Waals surface area contributed by atoms with Crippen molar-refractivity contribution in [2.45, 2.75) is 17.8 Å². The second kappa shape index (κ2) is 5.68. The van der Waals surface area contributed by atoms with Crippen LogP contribution in [-0.4, -0.2) is 11.1 Å². The summed E-state index contributed by atoms with van der Waals surface area (Å²) >= 11 is 0. The van der Waals surface area contributed by atoms with Crippen molar-refractivity contribution in [1.82, 2.24) is 0 Å². The van der Waals surface area contributed by atoms with Gasteiger partial charge >= 0.3 is 5.97 Å². The molecule has 3 heteroatoms. The molecule has 0 amide bonds. The second-order valence-corrected chi connectivity index (χ2v) is 8.10. The Kier molecular flexibility index (Phi) is 3.20. The molecule has 0 saturated heterocycles. The molecule has 1 N–H and O–H groups in total. The molecule has 0 heterocycles. The van der Waals surface area contributed by atoms with Crippen molar-refractivity contribution in [2.24, 2.45) is 5.92 Å². The van der Waals surface area contributed by atoms with Crippen LogP contribution in [0.15, 0.2) is 72.8 Å². The molecule has 0 unspecified atom stereocenters. The zero-order valence-electron chi connectivity index (χ0n) is 15.5. The van der Waals surface area contributed by atoms with E-state index in [2.05, 4.69) is 30.3 Å². The lowest BCUT2D eigenvalue weighted by atomic mass is 9.48. The van der Waals surface area contributed by atoms with E-state index in [1.165, 1.54) is 5.56 Å². The van der Waals surface area contributed by atoms with E-state index < -0.39 is 11.9 Å². The van der Waals surface area contributed by atoms with Crippen molar-refractivity contribution < 1.29 is 9.90 Å². The number of carbonyl (C=O) groups is 1. The summed E-state index contributed by atoms with van der Waals surface area (Å²) in [7, 11) is 0. The minimum absolute atomic E-state index is 0.0487. The number of hydrogen-bond acceptors (Lipinski definition) is 2. The van der Waals surface area contributed by atoms with Gasteiger partial charge in [-0.15, -0.1) is 0 Å². The molecule has 2 aliphatic rings. The van der Waals surface area contributed by atoms with E-state index in [0.717, 1.165) is 32.7 Å². The van der Waals surface area contributed by atoms with Gasteiger partial charge in [0.1, 0.15) is 0 Å². The first-order valence-corrected chi connectivity index (χ1v) is 9.87. The van der Waals surface area contributed by atoms with Crippen LogP contribution in [0.25, 0.3) is 21.5 Å². The molecule has 29 heavy (non-hydrogen) atoms. The maximum absolute atomic E-state index is 12.4. The number of rotatable bonds is 2. The summed E-state index contributed by atoms with van der Waals surface area (Å²) in [5, 5.41) is 24.1. The molecule has 4 atom stereocenters. The minimum atomic E-state index is -0.735. The molecule has 3 nitrogen and oxygen atoms in total. The standard InChI is InChI=1S/C26H17NO2/c27-13-16-10-12-19-22-17(16)11-9-15-7-4-8-18(20(15)22)24-23(19)21(25(24)26(28)29)14-5-2-1-3-6-14/h1-12,21,23-25H,(H,28,29)/t21-,23+,24+,25+/m1/s1. The van der Waals surface area contributed by atoms with E-state index in [1.54, 1.807) is 0 Å². The number of hydrogen-bond donors (Lipinski definition) is 1. The summed E-state index contributed by atoms with van der Waals surface area (Å²) < 4.78 is 0. The molecule has 0 spiro atoms. The Morgan fingerprint density at radius 3 is 2.34 bits per heavy atom. The fourth-order valence-corrected chi connectivity index (χ4v) is 5.85. The van der Waals surface area contributed by atoms with Crippen molar-refractivity contribution >= 4 is 27.5 Å². The predicted octanol–water partition coefficient (Wildman–Crippen LogP) is 5.54. The van der Waals surface area contributed by atoms with Crippen LogP contribution < -0.4 is 0 Å². The molecule has 0 aromatic heterocycles. The summed E-state index contributed by atoms with van der Waals surface area (Å²) in [5.74, 6) is -1.20. The Bertz CT molecular complexity index is 1370. The molecule has 6 rings (SSSR count). The third kappa shape index (κ3) is 1.98. The first-order valence-electron chi connectivity index (χ1n) is 9.87. The van der Waals surface area contributed by atoms with E-state index in [9.17, 15) is 15.2 Å². The zero-order valence-corrected chi connectivity index (χ0v) is 15.5. The van der Waals surface area contributed by atoms with Gasteiger partial charge in [-0.1, -0.05) is 66.7 Å². The minimum Gasteiger partial charge on any atom is -0.481 e. The van der Waals surface area contributed by atoms with Crippen molar-refractivity contribution in [3.05, 3.63) is 95.1 Å². The summed E-state index contributed by atoms with van der Waals surface area (Å²) in [6.07, 6.45) is 0. The third-order valence-electron chi connectivity index (χ3n) is 6.94. The lowest BCUT2D eigenvalue weighted by molar-refractivity contribution is -0.148. The predicted molar refractivity (Wildman–Crippen MR) is 112 cm³/mol. The molecule has 2 aliphatic carbocycles. The molecule has 1 fully saturated rings. The molecule has 0 bridgehead atoms. The van der Waals surface area contributed by atoms with E-state index in [-0.39, 0.29) is 17.8 Å². The number of fused-ring (bicyclic) bond motifs is 3. The third-order valence-corrected chi connectivity index (χ3v) is 6.94. The quantitative estimate of drug-likeness (QED) is 0.468. The van der Waals surface area contributed by atoms with E-state index >= 15 is 0 Å². The van der Waals surface area contributed by atoms with Crippen LogP contribution in [0.2, 0.25) is 0 Å². The monoisotopic (exact) mass is 375 g/mol. The van der Waals surface area contributed by atoms with E-state index in [1.807, 2.05) is 48.5 Å². The second-order valence-electron chi connectivity index (χ2n) is 8.10. The first-order chi connectivity index (χ1) is 14.2. The van der Waals surface area contributed by atoms with Gasteiger partial charge < -0.3 is 5.11 Å². The van der Waals surface area contributed by atoms with Crippen LogP contribution in [0.3, 0.4) is 0 Å². The Morgan fingerprint density at radius 2 is 1.59 bits per heavy atom. The summed E-state index contributed by atoms with van der Waals surface area (Å²) in [6, 6.07) is 26.5. The SMILES string of the molecule is N#Cc1ccc2c3c1ccc1cccc(c13)[C@@H]1[C@@H](C(=O)O)[C@H](c3ccccc3)[C@H]21. The Hall–Kier alpha value is -3.64. The number of nitriles is 1. The van der Waals surface area contributed by atoms with Crippen molar-refractivity contribution in [2.75, 3.05) is 0 Å². The van der Waals surface area contributed by atoms with Gasteiger partial charge in [-0.3, -0.25) is 4.79 Å². The Labute approximate surface area is 167 Å². The van der Waals surface area contributed by atoms with Gasteiger partial charge in [0.2, 0.25) is 0 Å². The molecular formula is C26H17NO2. The summed E-state index contributed by atoms with van der Waals surface area (Å²) in [6.45, 7) is 0. The van der Waals surface area contributed by atoms with E-state index in [4.69, 9.17) is 0 Å². The number of benzene rings is 4. The van der Waals surface area contributed by atoms with Crippen molar-refractivity contribution in [1.29, 1.82) is 5.26 Å². The maximum atomic E-state index is 12.4. The van der Waals surface area contributed by atoms with E-state index in [0.29, 0.717) is 5.56 Å². The highest BCUT2D eigenvalue weighted by Crippen LogP contribution is 2.66. The largest absolute Gasteiger partial charge is 0.481 e. The van der Waals surface area contributed by atoms with Crippen LogP contribution >= 0.6 is 0 Å². The highest BCUT2D eigenvalue weighted by molar-refractivity contribution is 6.14. The lowest BCUT2D eigenvalue weighted by Gasteiger charge is -2.53. The number of carboxylic acid groups (broad SMARTS) is 1. The normalized spacial score (nSPS) is 24.1. The molecule has 4 aromatic rings. The molecule has 0 aliphatic heterocycles. The van der Waals surface area contributed by atoms with Crippen molar-refractivity contribution in [3.8, 4) is 6.07 Å². The highest BCUT2D eigenvalue weighted by atomic mass is 16.4. The number of aliphatic carboxylic acids is 1. The first kappa shape index (κ1) is 16.3. The smallest absolute Gasteiger partial charge is 0.307 e. The lowest BCUT2D eigenvalue weighted by Crippen LogP contribution is -2.47. The van der Waals surface area contributed by atoms with Gasteiger partial charge in [0, 0.05) is 17.2 Å². The van der Waals surface area contributed by atoms with Crippen LogP contribution in [0, 0.1) is 17.2 Å². The molecule has 4 aromatic carbocycles. The van der Waals surface area contributed by atoms with Gasteiger partial charge in [0.15, 0.2) is 0 Å². The summed E-state index contributed by atoms with van der Waals surface area (Å²) in [4.78, 5) is 12.4. The Balaban J connectivity index is 1.72. The zero-order chi connectivity index (χ0) is 19.7. The van der Waals surface area contributed by atoms with Crippen LogP contribution in [0.1, 0.15) is 40.0 Å². The van der Waals surface area contributed by atoms with Crippen molar-refractivity contribution in [3.63, 3.8) is 0 Å². The number of carboxylic acids is 1. The van der Waals surface area contributed by atoms with Gasteiger partial charge in [0.25, 0.3) is 0 Å². The highest BCUT2D eigenvalue weighted by Gasteiger charge is 2.57. The maximum Gasteiger partial charge on any atom is 0.307 e. The average Bonchev–Trinajstić information content (AvgIpc) is 2.73. The molecule has 1 saturated carbocycles. The fraction of sp³-hybridized carbons (Fsp3) is 0.154. The van der Waals surface area contributed by atoms with Crippen LogP contribution in [0.4, 0.5) is 0 Å². The van der Waals surface area contributed by atoms with Gasteiger partial charge in [-0.2, -0.15) is 5.26 Å². The van der Waals surface area contributed by atoms with Gasteiger partial charge in [-0.25, -0.2) is 0 Å². The number of nitrogens with zero attached hydrogens (tertiary/aromatic N) is 1. The Morgan fingerprint density at radius 1 is 0.793 bits per heavy atom. The molecular weight excluding hydrogens is 358 g/mol. The van der Waals surface area contributed by atoms with Crippen LogP contribution in [-0.2, 0) is 4.79 Å². The van der Waals surface area contributed by atoms with Gasteiger partial charge in [-0.05, 0) is 44.8 Å². The topological polar surface area (TPSA) is 61.1 Å². The van der Waals surface area contributed by atoms with Crippen LogP contribution in [0.5, 0.6) is 0 Å². The molecule has 0 radical (unpaired) electrons. The fourth-order valence-electron chi connectivity index (χ4n) is 5.85.